The van der Waals surface area contributed by atoms with E-state index in [0.29, 0.717) is 0 Å². The Bertz CT molecular complexity index is 253. The third-order valence-corrected chi connectivity index (χ3v) is 2.53. The molecule has 1 heterocycles. The number of urea groups is 1. The summed E-state index contributed by atoms with van der Waals surface area (Å²) in [7, 11) is 1.68. The van der Waals surface area contributed by atoms with Gasteiger partial charge < -0.3 is 15.3 Å². The van der Waals surface area contributed by atoms with Crippen molar-refractivity contribution < 1.29 is 19.5 Å². The fourth-order valence-electron chi connectivity index (χ4n) is 1.59. The molecule has 0 aromatic rings. The van der Waals surface area contributed by atoms with Crippen molar-refractivity contribution in [2.24, 2.45) is 0 Å². The molecule has 7 heteroatoms. The van der Waals surface area contributed by atoms with Crippen molar-refractivity contribution in [3.8, 4) is 0 Å². The van der Waals surface area contributed by atoms with Gasteiger partial charge in [-0.05, 0) is 25.9 Å². The van der Waals surface area contributed by atoms with Crippen LogP contribution in [-0.2, 0) is 9.63 Å². The maximum Gasteiger partial charge on any atom is 0.341 e. The topological polar surface area (TPSA) is 90.9 Å². The molecule has 1 aliphatic heterocycles. The predicted octanol–water partition coefficient (Wildman–Crippen LogP) is -0.604. The Hall–Kier alpha value is -1.34. The highest BCUT2D eigenvalue weighted by Gasteiger charge is 2.21. The van der Waals surface area contributed by atoms with E-state index in [1.54, 1.807) is 11.9 Å². The lowest BCUT2D eigenvalue weighted by Gasteiger charge is -2.31. The molecule has 2 amide bonds. The van der Waals surface area contributed by atoms with Crippen LogP contribution in [0.15, 0.2) is 0 Å². The molecule has 16 heavy (non-hydrogen) atoms. The van der Waals surface area contributed by atoms with Crippen molar-refractivity contribution >= 4 is 12.0 Å². The number of carboxylic acid groups (broad SMARTS) is 1. The molecule has 0 radical (unpaired) electrons. The van der Waals surface area contributed by atoms with Crippen LogP contribution >= 0.6 is 0 Å². The number of hydroxylamine groups is 1. The molecule has 0 unspecified atom stereocenters. The first-order valence-electron chi connectivity index (χ1n) is 5.18. The number of carboxylic acids is 1. The molecule has 1 rings (SSSR count). The monoisotopic (exact) mass is 231 g/mol. The van der Waals surface area contributed by atoms with Crippen LogP contribution in [0.5, 0.6) is 0 Å². The van der Waals surface area contributed by atoms with Crippen molar-refractivity contribution in [3.05, 3.63) is 0 Å². The van der Waals surface area contributed by atoms with E-state index >= 15 is 0 Å². The summed E-state index contributed by atoms with van der Waals surface area (Å²) < 4.78 is 0. The summed E-state index contributed by atoms with van der Waals surface area (Å²) in [5, 5.41) is 11.5. The van der Waals surface area contributed by atoms with Crippen LogP contribution in [0.1, 0.15) is 12.8 Å². The minimum absolute atomic E-state index is 0.176. The lowest BCUT2D eigenvalue weighted by molar-refractivity contribution is -0.144. The van der Waals surface area contributed by atoms with E-state index in [0.717, 1.165) is 25.9 Å². The second kappa shape index (κ2) is 6.29. The number of hydrogen-bond acceptors (Lipinski definition) is 4. The number of nitrogens with one attached hydrogen (secondary N) is 2. The van der Waals surface area contributed by atoms with E-state index < -0.39 is 18.6 Å². The fraction of sp³-hybridized carbons (Fsp3) is 0.778. The highest BCUT2D eigenvalue weighted by atomic mass is 16.7. The van der Waals surface area contributed by atoms with E-state index in [-0.39, 0.29) is 6.04 Å². The molecule has 0 aliphatic carbocycles. The second-order valence-corrected chi connectivity index (χ2v) is 3.68. The molecule has 0 aromatic heterocycles. The molecule has 1 saturated heterocycles. The van der Waals surface area contributed by atoms with Crippen LogP contribution in [-0.4, -0.2) is 54.8 Å². The Balaban J connectivity index is 2.26. The summed E-state index contributed by atoms with van der Waals surface area (Å²) in [6.45, 7) is 1.24. The largest absolute Gasteiger partial charge is 0.479 e. The maximum atomic E-state index is 11.5. The lowest BCUT2D eigenvalue weighted by Crippen LogP contribution is -2.48. The zero-order chi connectivity index (χ0) is 12.0. The molecule has 0 spiro atoms. The number of piperidine rings is 1. The van der Waals surface area contributed by atoms with Gasteiger partial charge in [-0.25, -0.2) is 15.1 Å². The molecule has 1 fully saturated rings. The van der Waals surface area contributed by atoms with Crippen LogP contribution in [0.2, 0.25) is 0 Å². The average molecular weight is 231 g/mol. The van der Waals surface area contributed by atoms with Crippen molar-refractivity contribution in [2.45, 2.75) is 18.9 Å². The quantitative estimate of drug-likeness (QED) is 0.562. The van der Waals surface area contributed by atoms with Gasteiger partial charge in [0.25, 0.3) is 0 Å². The molecular weight excluding hydrogens is 214 g/mol. The number of amides is 2. The van der Waals surface area contributed by atoms with Gasteiger partial charge in [-0.1, -0.05) is 0 Å². The minimum Gasteiger partial charge on any atom is -0.479 e. The Morgan fingerprint density at radius 2 is 2.12 bits per heavy atom. The molecule has 0 bridgehead atoms. The molecule has 1 aliphatic rings. The highest BCUT2D eigenvalue weighted by Crippen LogP contribution is 2.09. The van der Waals surface area contributed by atoms with Gasteiger partial charge in [0.1, 0.15) is 0 Å². The molecule has 3 N–H and O–H groups in total. The van der Waals surface area contributed by atoms with Crippen LogP contribution in [0, 0.1) is 0 Å². The number of hydrogen-bond donors (Lipinski definition) is 3. The second-order valence-electron chi connectivity index (χ2n) is 3.68. The molecule has 7 nitrogen and oxygen atoms in total. The molecule has 0 saturated carbocycles. The zero-order valence-electron chi connectivity index (χ0n) is 9.23. The first-order chi connectivity index (χ1) is 7.61. The van der Waals surface area contributed by atoms with Gasteiger partial charge in [-0.15, -0.1) is 0 Å². The van der Waals surface area contributed by atoms with Crippen molar-refractivity contribution in [1.29, 1.82) is 0 Å². The third kappa shape index (κ3) is 4.03. The number of nitrogens with zero attached hydrogens (tertiary/aromatic N) is 1. The lowest BCUT2D eigenvalue weighted by atomic mass is 10.1. The molecular formula is C9H17N3O4. The number of rotatable bonds is 4. The Morgan fingerprint density at radius 3 is 2.69 bits per heavy atom. The van der Waals surface area contributed by atoms with Gasteiger partial charge >= 0.3 is 12.0 Å². The van der Waals surface area contributed by atoms with Gasteiger partial charge in [-0.3, -0.25) is 4.84 Å². The normalized spacial score (nSPS) is 16.8. The van der Waals surface area contributed by atoms with E-state index in [2.05, 4.69) is 15.6 Å². The molecule has 0 atom stereocenters. The SMILES string of the molecule is CN(C(=O)NOCC(=O)O)C1CCNCC1. The Morgan fingerprint density at radius 1 is 1.50 bits per heavy atom. The zero-order valence-corrected chi connectivity index (χ0v) is 9.23. The Labute approximate surface area is 93.7 Å². The van der Waals surface area contributed by atoms with E-state index in [4.69, 9.17) is 5.11 Å². The summed E-state index contributed by atoms with van der Waals surface area (Å²) in [6.07, 6.45) is 1.78. The third-order valence-electron chi connectivity index (χ3n) is 2.53. The number of carbonyl (C=O) groups is 2. The van der Waals surface area contributed by atoms with Crippen molar-refractivity contribution in [1.82, 2.24) is 15.7 Å². The van der Waals surface area contributed by atoms with Gasteiger partial charge in [0, 0.05) is 13.1 Å². The van der Waals surface area contributed by atoms with E-state index in [1.807, 2.05) is 0 Å². The van der Waals surface area contributed by atoms with Gasteiger partial charge in [0.05, 0.1) is 0 Å². The van der Waals surface area contributed by atoms with E-state index in [1.165, 1.54) is 0 Å². The van der Waals surface area contributed by atoms with Gasteiger partial charge in [-0.2, -0.15) is 0 Å². The first-order valence-corrected chi connectivity index (χ1v) is 5.18. The summed E-state index contributed by atoms with van der Waals surface area (Å²) in [4.78, 5) is 27.7. The van der Waals surface area contributed by atoms with Crippen LogP contribution in [0.4, 0.5) is 4.79 Å². The van der Waals surface area contributed by atoms with Gasteiger partial charge in [0.2, 0.25) is 0 Å². The standard InChI is InChI=1S/C9H17N3O4/c1-12(7-2-4-10-5-3-7)9(15)11-16-6-8(13)14/h7,10H,2-6H2,1H3,(H,11,15)(H,13,14). The van der Waals surface area contributed by atoms with Crippen LogP contribution in [0.3, 0.4) is 0 Å². The minimum atomic E-state index is -1.12. The maximum absolute atomic E-state index is 11.5. The molecule has 0 aromatic carbocycles. The van der Waals surface area contributed by atoms with Crippen molar-refractivity contribution in [2.75, 3.05) is 26.7 Å². The first kappa shape index (κ1) is 12.7. The predicted molar refractivity (Wildman–Crippen MR) is 55.8 cm³/mol. The number of aliphatic carboxylic acids is 1. The Kier molecular flexibility index (Phi) is 5.00. The number of carbonyl (C=O) groups excluding carboxylic acids is 1. The van der Waals surface area contributed by atoms with Crippen LogP contribution < -0.4 is 10.8 Å². The van der Waals surface area contributed by atoms with Gasteiger partial charge in [0.15, 0.2) is 6.61 Å². The highest BCUT2D eigenvalue weighted by molar-refractivity contribution is 5.73. The van der Waals surface area contributed by atoms with E-state index in [9.17, 15) is 9.59 Å². The molecule has 92 valence electrons. The summed E-state index contributed by atoms with van der Waals surface area (Å²) >= 11 is 0. The average Bonchev–Trinajstić information content (AvgIpc) is 2.28. The smallest absolute Gasteiger partial charge is 0.341 e. The fourth-order valence-corrected chi connectivity index (χ4v) is 1.59. The van der Waals surface area contributed by atoms with Crippen molar-refractivity contribution in [3.63, 3.8) is 0 Å². The summed E-state index contributed by atoms with van der Waals surface area (Å²) in [6, 6.07) is -0.233. The summed E-state index contributed by atoms with van der Waals surface area (Å²) in [5.74, 6) is -1.12. The summed E-state index contributed by atoms with van der Waals surface area (Å²) in [5.41, 5.74) is 2.10. The van der Waals surface area contributed by atoms with Crippen LogP contribution in [0.25, 0.3) is 0 Å².